The molecule has 2 unspecified atom stereocenters. The minimum absolute atomic E-state index is 0.0187. The van der Waals surface area contributed by atoms with Crippen molar-refractivity contribution in [2.45, 2.75) is 48.8 Å². The number of aromatic nitrogens is 2. The molecule has 1 fully saturated rings. The molecule has 36 heavy (non-hydrogen) atoms. The fraction of sp³-hybridized carbons (Fsp3) is 0.346. The van der Waals surface area contributed by atoms with Crippen LogP contribution in [0, 0.1) is 23.1 Å². The van der Waals surface area contributed by atoms with Crippen LogP contribution in [0.25, 0.3) is 16.8 Å². The highest BCUT2D eigenvalue weighted by Gasteiger charge is 2.46. The standard InChI is InChI=1S/C26H24F3N3O3S/c1-36(34,35)20-10-4-17(5-11-20)23-16-32(19-8-6-18(27)7-9-19)31-25(23)21-12-13-26(28,29)15-22(21)24(33)3-2-14-30/h4-11,16,21-22H,2-3,12-13,15H2,1H3. The summed E-state index contributed by atoms with van der Waals surface area (Å²) in [7, 11) is -3.43. The van der Waals surface area contributed by atoms with E-state index in [1.165, 1.54) is 41.1 Å². The lowest BCUT2D eigenvalue weighted by Crippen LogP contribution is -2.36. The van der Waals surface area contributed by atoms with Crippen molar-refractivity contribution in [3.8, 4) is 22.9 Å². The monoisotopic (exact) mass is 515 g/mol. The molecule has 1 saturated carbocycles. The van der Waals surface area contributed by atoms with E-state index in [4.69, 9.17) is 5.26 Å². The van der Waals surface area contributed by atoms with E-state index >= 15 is 0 Å². The van der Waals surface area contributed by atoms with Crippen molar-refractivity contribution >= 4 is 15.6 Å². The molecule has 2 aromatic carbocycles. The first kappa shape index (κ1) is 25.6. The Kier molecular flexibility index (Phi) is 7.05. The predicted octanol–water partition coefficient (Wildman–Crippen LogP) is 5.47. The van der Waals surface area contributed by atoms with Crippen molar-refractivity contribution in [1.82, 2.24) is 9.78 Å². The van der Waals surface area contributed by atoms with E-state index < -0.39 is 52.0 Å². The molecule has 188 valence electrons. The average molecular weight is 516 g/mol. The van der Waals surface area contributed by atoms with Crippen LogP contribution < -0.4 is 0 Å². The highest BCUT2D eigenvalue weighted by atomic mass is 32.2. The number of nitrogens with zero attached hydrogens (tertiary/aromatic N) is 3. The number of sulfone groups is 1. The normalized spacial score (nSPS) is 19.5. The number of halogens is 3. The number of rotatable bonds is 7. The van der Waals surface area contributed by atoms with Gasteiger partial charge in [-0.25, -0.2) is 26.3 Å². The minimum Gasteiger partial charge on any atom is -0.299 e. The molecule has 4 rings (SSSR count). The van der Waals surface area contributed by atoms with E-state index in [2.05, 4.69) is 5.10 Å². The quantitative estimate of drug-likeness (QED) is 0.416. The first-order chi connectivity index (χ1) is 17.0. The molecule has 2 atom stereocenters. The summed E-state index contributed by atoms with van der Waals surface area (Å²) in [5.74, 6) is -5.48. The van der Waals surface area contributed by atoms with Crippen molar-refractivity contribution in [3.63, 3.8) is 0 Å². The maximum absolute atomic E-state index is 14.4. The van der Waals surface area contributed by atoms with Crippen molar-refractivity contribution < 1.29 is 26.4 Å². The summed E-state index contributed by atoms with van der Waals surface area (Å²) < 4.78 is 67.5. The van der Waals surface area contributed by atoms with Gasteiger partial charge in [0.25, 0.3) is 0 Å². The molecule has 1 aromatic heterocycles. The lowest BCUT2D eigenvalue weighted by molar-refractivity contribution is -0.131. The third kappa shape index (κ3) is 5.51. The van der Waals surface area contributed by atoms with Gasteiger partial charge in [0.2, 0.25) is 5.92 Å². The Hall–Kier alpha value is -3.45. The van der Waals surface area contributed by atoms with Crippen molar-refractivity contribution in [2.75, 3.05) is 6.26 Å². The van der Waals surface area contributed by atoms with Gasteiger partial charge in [-0.15, -0.1) is 0 Å². The van der Waals surface area contributed by atoms with Crippen molar-refractivity contribution in [2.24, 2.45) is 5.92 Å². The van der Waals surface area contributed by atoms with Crippen LogP contribution in [-0.4, -0.2) is 36.2 Å². The van der Waals surface area contributed by atoms with Gasteiger partial charge >= 0.3 is 0 Å². The van der Waals surface area contributed by atoms with Gasteiger partial charge in [0, 0.05) is 55.5 Å². The van der Waals surface area contributed by atoms with E-state index in [-0.39, 0.29) is 24.2 Å². The Labute approximate surface area is 207 Å². The minimum atomic E-state index is -3.43. The summed E-state index contributed by atoms with van der Waals surface area (Å²) in [6.07, 6.45) is 1.57. The number of alkyl halides is 2. The Morgan fingerprint density at radius 3 is 2.44 bits per heavy atom. The number of hydrogen-bond acceptors (Lipinski definition) is 5. The molecule has 0 spiro atoms. The molecule has 1 aliphatic carbocycles. The summed E-state index contributed by atoms with van der Waals surface area (Å²) in [6, 6.07) is 13.6. The fourth-order valence-electron chi connectivity index (χ4n) is 4.66. The molecular formula is C26H24F3N3O3S. The molecule has 1 heterocycles. The second-order valence-electron chi connectivity index (χ2n) is 9.08. The van der Waals surface area contributed by atoms with Crippen LogP contribution in [-0.2, 0) is 14.6 Å². The maximum Gasteiger partial charge on any atom is 0.248 e. The molecule has 6 nitrogen and oxygen atoms in total. The summed E-state index contributed by atoms with van der Waals surface area (Å²) >= 11 is 0. The van der Waals surface area contributed by atoms with Crippen LogP contribution in [0.15, 0.2) is 59.6 Å². The van der Waals surface area contributed by atoms with Gasteiger partial charge in [-0.2, -0.15) is 10.4 Å². The second kappa shape index (κ2) is 9.90. The molecule has 3 aromatic rings. The molecule has 0 bridgehead atoms. The van der Waals surface area contributed by atoms with Crippen LogP contribution in [0.1, 0.15) is 43.7 Å². The number of carbonyl (C=O) groups is 1. The molecule has 0 saturated heterocycles. The first-order valence-corrected chi connectivity index (χ1v) is 13.3. The van der Waals surface area contributed by atoms with E-state index in [1.54, 1.807) is 18.3 Å². The summed E-state index contributed by atoms with van der Waals surface area (Å²) in [6.45, 7) is 0. The zero-order chi connectivity index (χ0) is 26.1. The number of ketones is 1. The van der Waals surface area contributed by atoms with E-state index in [0.29, 0.717) is 22.5 Å². The summed E-state index contributed by atoms with van der Waals surface area (Å²) in [4.78, 5) is 13.0. The van der Waals surface area contributed by atoms with Gasteiger partial charge in [-0.05, 0) is 48.4 Å². The number of hydrogen-bond donors (Lipinski definition) is 0. The van der Waals surface area contributed by atoms with E-state index in [9.17, 15) is 26.4 Å². The van der Waals surface area contributed by atoms with Crippen molar-refractivity contribution in [3.05, 3.63) is 66.2 Å². The fourth-order valence-corrected chi connectivity index (χ4v) is 5.29. The maximum atomic E-state index is 14.4. The third-order valence-electron chi connectivity index (χ3n) is 6.50. The van der Waals surface area contributed by atoms with Crippen LogP contribution >= 0.6 is 0 Å². The SMILES string of the molecule is CS(=O)(=O)c1ccc(-c2cn(-c3ccc(F)cc3)nc2C2CCC(F)(F)CC2C(=O)CCC#N)cc1. The topological polar surface area (TPSA) is 92.8 Å². The second-order valence-corrected chi connectivity index (χ2v) is 11.1. The lowest BCUT2D eigenvalue weighted by Gasteiger charge is -2.34. The number of Topliss-reactive ketones (excluding diaryl/α,β-unsaturated/α-hetero) is 1. The summed E-state index contributed by atoms with van der Waals surface area (Å²) in [5.41, 5.74) is 2.13. The lowest BCUT2D eigenvalue weighted by atomic mass is 9.72. The highest BCUT2D eigenvalue weighted by Crippen LogP contribution is 2.47. The zero-order valence-corrected chi connectivity index (χ0v) is 20.3. The van der Waals surface area contributed by atoms with Crippen LogP contribution in [0.5, 0.6) is 0 Å². The van der Waals surface area contributed by atoms with Gasteiger partial charge < -0.3 is 0 Å². The van der Waals surface area contributed by atoms with Crippen LogP contribution in [0.3, 0.4) is 0 Å². The smallest absolute Gasteiger partial charge is 0.248 e. The molecule has 0 radical (unpaired) electrons. The number of nitriles is 1. The molecular weight excluding hydrogens is 491 g/mol. The molecule has 10 heteroatoms. The number of benzene rings is 2. The first-order valence-electron chi connectivity index (χ1n) is 11.4. The largest absolute Gasteiger partial charge is 0.299 e. The molecule has 1 aliphatic rings. The highest BCUT2D eigenvalue weighted by molar-refractivity contribution is 7.90. The van der Waals surface area contributed by atoms with E-state index in [0.717, 1.165) is 6.26 Å². The molecule has 0 amide bonds. The van der Waals surface area contributed by atoms with Crippen molar-refractivity contribution in [1.29, 1.82) is 5.26 Å². The van der Waals surface area contributed by atoms with Gasteiger partial charge in [0.15, 0.2) is 9.84 Å². The third-order valence-corrected chi connectivity index (χ3v) is 7.63. The van der Waals surface area contributed by atoms with Gasteiger partial charge in [-0.3, -0.25) is 4.79 Å². The Morgan fingerprint density at radius 2 is 1.83 bits per heavy atom. The average Bonchev–Trinajstić information content (AvgIpc) is 3.27. The Bertz CT molecular complexity index is 1410. The summed E-state index contributed by atoms with van der Waals surface area (Å²) in [5, 5.41) is 13.5. The van der Waals surface area contributed by atoms with E-state index in [1.807, 2.05) is 6.07 Å². The Balaban J connectivity index is 1.83. The van der Waals surface area contributed by atoms with Gasteiger partial charge in [0.05, 0.1) is 22.3 Å². The van der Waals surface area contributed by atoms with Crippen LogP contribution in [0.4, 0.5) is 13.2 Å². The predicted molar refractivity (Wildman–Crippen MR) is 127 cm³/mol. The zero-order valence-electron chi connectivity index (χ0n) is 19.5. The van der Waals surface area contributed by atoms with Crippen LogP contribution in [0.2, 0.25) is 0 Å². The van der Waals surface area contributed by atoms with Gasteiger partial charge in [0.1, 0.15) is 11.6 Å². The Morgan fingerprint density at radius 1 is 1.17 bits per heavy atom. The number of carbonyl (C=O) groups excluding carboxylic acids is 1. The molecule has 0 N–H and O–H groups in total. The van der Waals surface area contributed by atoms with Gasteiger partial charge in [-0.1, -0.05) is 12.1 Å². The molecule has 0 aliphatic heterocycles.